The van der Waals surface area contributed by atoms with Crippen molar-refractivity contribution in [3.05, 3.63) is 59.5 Å². The highest BCUT2D eigenvalue weighted by Gasteiger charge is 2.11. The van der Waals surface area contributed by atoms with Gasteiger partial charge >= 0.3 is 0 Å². The fourth-order valence-corrected chi connectivity index (χ4v) is 1.84. The Morgan fingerprint density at radius 2 is 1.82 bits per heavy atom. The van der Waals surface area contributed by atoms with Gasteiger partial charge in [-0.15, -0.1) is 0 Å². The predicted molar refractivity (Wildman–Crippen MR) is 67.9 cm³/mol. The summed E-state index contributed by atoms with van der Waals surface area (Å²) in [6, 6.07) is 12.0. The third-order valence-corrected chi connectivity index (χ3v) is 2.95. The lowest BCUT2D eigenvalue weighted by atomic mass is 9.99. The van der Waals surface area contributed by atoms with Gasteiger partial charge in [0.25, 0.3) is 0 Å². The van der Waals surface area contributed by atoms with Gasteiger partial charge in [0.2, 0.25) is 0 Å². The molecule has 90 valence electrons. The molecule has 1 atom stereocenters. The van der Waals surface area contributed by atoms with E-state index in [2.05, 4.69) is 38.1 Å². The van der Waals surface area contributed by atoms with Crippen LogP contribution in [0.2, 0.25) is 0 Å². The van der Waals surface area contributed by atoms with Crippen molar-refractivity contribution in [1.29, 1.82) is 0 Å². The zero-order valence-corrected chi connectivity index (χ0v) is 10.3. The highest BCUT2D eigenvalue weighted by molar-refractivity contribution is 5.25. The molecule has 0 spiro atoms. The third kappa shape index (κ3) is 2.98. The molecule has 2 heteroatoms. The normalized spacial score (nSPS) is 12.9. The number of hydrogen-bond donors (Lipinski definition) is 1. The fraction of sp³-hybridized carbons (Fsp3) is 0.333. The summed E-state index contributed by atoms with van der Waals surface area (Å²) in [5, 5.41) is 9.95. The minimum Gasteiger partial charge on any atom is -0.467 e. The van der Waals surface area contributed by atoms with Gasteiger partial charge in [-0.3, -0.25) is 0 Å². The van der Waals surface area contributed by atoms with Gasteiger partial charge in [0.15, 0.2) is 0 Å². The van der Waals surface area contributed by atoms with Gasteiger partial charge in [0.05, 0.1) is 6.26 Å². The number of benzene rings is 1. The first-order chi connectivity index (χ1) is 8.16. The van der Waals surface area contributed by atoms with E-state index in [0.29, 0.717) is 18.1 Å². The molecule has 0 aliphatic rings. The number of rotatable bonds is 4. The molecule has 0 saturated carbocycles. The van der Waals surface area contributed by atoms with Crippen LogP contribution in [0.4, 0.5) is 0 Å². The molecule has 1 unspecified atom stereocenters. The standard InChI is InChI=1S/C15H18O2/c1-11(2)13-7-5-12(6-8-13)10-14(16)15-4-3-9-17-15/h3-9,11,14,16H,10H2,1-2H3. The minimum absolute atomic E-state index is 0.541. The average Bonchev–Trinajstić information content (AvgIpc) is 2.83. The SMILES string of the molecule is CC(C)c1ccc(CC(O)c2ccco2)cc1. The zero-order valence-electron chi connectivity index (χ0n) is 10.3. The molecule has 0 saturated heterocycles. The maximum absolute atomic E-state index is 9.95. The Hall–Kier alpha value is -1.54. The van der Waals surface area contributed by atoms with Crippen molar-refractivity contribution in [3.8, 4) is 0 Å². The lowest BCUT2D eigenvalue weighted by molar-refractivity contribution is 0.150. The van der Waals surface area contributed by atoms with Crippen LogP contribution in [0.1, 0.15) is 42.8 Å². The Labute approximate surface area is 102 Å². The molecule has 1 aromatic carbocycles. The Morgan fingerprint density at radius 3 is 2.35 bits per heavy atom. The number of furan rings is 1. The molecule has 1 N–H and O–H groups in total. The van der Waals surface area contributed by atoms with Crippen molar-refractivity contribution < 1.29 is 9.52 Å². The van der Waals surface area contributed by atoms with Crippen molar-refractivity contribution in [2.24, 2.45) is 0 Å². The Morgan fingerprint density at radius 1 is 1.12 bits per heavy atom. The van der Waals surface area contributed by atoms with Crippen molar-refractivity contribution in [3.63, 3.8) is 0 Å². The van der Waals surface area contributed by atoms with Crippen LogP contribution >= 0.6 is 0 Å². The molecule has 1 aromatic heterocycles. The molecular formula is C15H18O2. The van der Waals surface area contributed by atoms with Gasteiger partial charge in [-0.05, 0) is 29.2 Å². The van der Waals surface area contributed by atoms with Crippen LogP contribution in [0, 0.1) is 0 Å². The first-order valence-electron chi connectivity index (χ1n) is 5.97. The summed E-state index contributed by atoms with van der Waals surface area (Å²) in [6.45, 7) is 4.35. The van der Waals surface area contributed by atoms with Crippen molar-refractivity contribution in [1.82, 2.24) is 0 Å². The van der Waals surface area contributed by atoms with Crippen LogP contribution in [0.15, 0.2) is 47.1 Å². The quantitative estimate of drug-likeness (QED) is 0.869. The maximum Gasteiger partial charge on any atom is 0.132 e. The summed E-state index contributed by atoms with van der Waals surface area (Å²) in [4.78, 5) is 0. The van der Waals surface area contributed by atoms with Crippen molar-refractivity contribution in [2.75, 3.05) is 0 Å². The molecule has 1 heterocycles. The second-order valence-corrected chi connectivity index (χ2v) is 4.63. The molecule has 0 radical (unpaired) electrons. The summed E-state index contributed by atoms with van der Waals surface area (Å²) in [5.74, 6) is 1.16. The van der Waals surface area contributed by atoms with Crippen LogP contribution in [-0.2, 0) is 6.42 Å². The molecular weight excluding hydrogens is 212 g/mol. The van der Waals surface area contributed by atoms with E-state index in [1.54, 1.807) is 18.4 Å². The molecule has 0 bridgehead atoms. The van der Waals surface area contributed by atoms with Crippen LogP contribution in [0.25, 0.3) is 0 Å². The van der Waals surface area contributed by atoms with E-state index in [1.165, 1.54) is 5.56 Å². The molecule has 2 aromatic rings. The molecule has 0 aliphatic carbocycles. The maximum atomic E-state index is 9.95. The van der Waals surface area contributed by atoms with Gasteiger partial charge in [-0.25, -0.2) is 0 Å². The highest BCUT2D eigenvalue weighted by Crippen LogP contribution is 2.20. The van der Waals surface area contributed by atoms with Gasteiger partial charge in [-0.2, -0.15) is 0 Å². The first kappa shape index (κ1) is 11.9. The lowest BCUT2D eigenvalue weighted by Gasteiger charge is -2.09. The van der Waals surface area contributed by atoms with E-state index in [-0.39, 0.29) is 0 Å². The molecule has 2 rings (SSSR count). The van der Waals surface area contributed by atoms with Crippen LogP contribution in [0.3, 0.4) is 0 Å². The van der Waals surface area contributed by atoms with Crippen molar-refractivity contribution in [2.45, 2.75) is 32.3 Å². The summed E-state index contributed by atoms with van der Waals surface area (Å²) in [5.41, 5.74) is 2.44. The summed E-state index contributed by atoms with van der Waals surface area (Å²) in [6.07, 6.45) is 1.61. The Kier molecular flexibility index (Phi) is 3.64. The summed E-state index contributed by atoms with van der Waals surface area (Å²) in [7, 11) is 0. The molecule has 0 amide bonds. The largest absolute Gasteiger partial charge is 0.467 e. The number of hydrogen-bond acceptors (Lipinski definition) is 2. The van der Waals surface area contributed by atoms with Gasteiger partial charge in [0, 0.05) is 6.42 Å². The van der Waals surface area contributed by atoms with Gasteiger partial charge in [-0.1, -0.05) is 38.1 Å². The van der Waals surface area contributed by atoms with E-state index in [0.717, 1.165) is 5.56 Å². The topological polar surface area (TPSA) is 33.4 Å². The lowest BCUT2D eigenvalue weighted by Crippen LogP contribution is -2.00. The molecule has 17 heavy (non-hydrogen) atoms. The highest BCUT2D eigenvalue weighted by atomic mass is 16.4. The summed E-state index contributed by atoms with van der Waals surface area (Å²) >= 11 is 0. The van der Waals surface area contributed by atoms with Crippen LogP contribution < -0.4 is 0 Å². The molecule has 0 aliphatic heterocycles. The molecule has 2 nitrogen and oxygen atoms in total. The zero-order chi connectivity index (χ0) is 12.3. The van der Waals surface area contributed by atoms with Gasteiger partial charge in [0.1, 0.15) is 11.9 Å². The Balaban J connectivity index is 2.04. The second kappa shape index (κ2) is 5.19. The third-order valence-electron chi connectivity index (χ3n) is 2.95. The van der Waals surface area contributed by atoms with Crippen LogP contribution in [0.5, 0.6) is 0 Å². The van der Waals surface area contributed by atoms with E-state index in [1.807, 2.05) is 0 Å². The van der Waals surface area contributed by atoms with E-state index < -0.39 is 6.10 Å². The predicted octanol–water partition coefficient (Wildman–Crippen LogP) is 3.68. The second-order valence-electron chi connectivity index (χ2n) is 4.63. The van der Waals surface area contributed by atoms with E-state index in [9.17, 15) is 5.11 Å². The first-order valence-corrected chi connectivity index (χ1v) is 5.97. The number of aliphatic hydroxyl groups is 1. The average molecular weight is 230 g/mol. The smallest absolute Gasteiger partial charge is 0.132 e. The monoisotopic (exact) mass is 230 g/mol. The Bertz CT molecular complexity index is 440. The number of aliphatic hydroxyl groups excluding tert-OH is 1. The van der Waals surface area contributed by atoms with Gasteiger partial charge < -0.3 is 9.52 Å². The minimum atomic E-state index is -0.560. The van der Waals surface area contributed by atoms with E-state index in [4.69, 9.17) is 4.42 Å². The molecule has 0 fully saturated rings. The van der Waals surface area contributed by atoms with Crippen molar-refractivity contribution >= 4 is 0 Å². The fourth-order valence-electron chi connectivity index (χ4n) is 1.84. The van der Waals surface area contributed by atoms with Crippen LogP contribution in [-0.4, -0.2) is 5.11 Å². The summed E-state index contributed by atoms with van der Waals surface area (Å²) < 4.78 is 5.18. The van der Waals surface area contributed by atoms with E-state index >= 15 is 0 Å².